The largest absolute Gasteiger partial charge is 0.394 e. The lowest BCUT2D eigenvalue weighted by molar-refractivity contribution is -0.231. The van der Waals surface area contributed by atoms with E-state index in [4.69, 9.17) is 9.47 Å². The van der Waals surface area contributed by atoms with Crippen LogP contribution in [-0.2, 0) is 9.47 Å². The van der Waals surface area contributed by atoms with Gasteiger partial charge in [0.05, 0.1) is 13.2 Å². The molecule has 0 bridgehead atoms. The molecular weight excluding hydrogens is 400 g/mol. The fraction of sp³-hybridized carbons (Fsp3) is 0.600. The molecule has 30 heavy (non-hydrogen) atoms. The number of ether oxygens (including phenoxy) is 2. The van der Waals surface area contributed by atoms with Crippen molar-refractivity contribution >= 4 is 0 Å². The van der Waals surface area contributed by atoms with Crippen LogP contribution in [0.1, 0.15) is 17.2 Å². The number of rotatable bonds is 3. The molecule has 0 aliphatic carbocycles. The van der Waals surface area contributed by atoms with E-state index in [1.165, 1.54) is 0 Å². The molecule has 2 aliphatic rings. The first-order chi connectivity index (χ1) is 14.3. The van der Waals surface area contributed by atoms with Crippen LogP contribution in [0, 0.1) is 11.8 Å². The van der Waals surface area contributed by atoms with Crippen LogP contribution >= 0.6 is 0 Å². The zero-order chi connectivity index (χ0) is 22.0. The maximum Gasteiger partial charge on any atom is 0.147 e. The number of aliphatic hydroxyl groups excluding tert-OH is 8. The molecule has 1 aromatic rings. The SMILES string of the molecule is OCC1OC(C#Cc2cccc(C3OC(CO)C(O)C(O)C3O)c2)C(O)C(O)C1O. The molecule has 2 fully saturated rings. The molecule has 0 aromatic heterocycles. The van der Waals surface area contributed by atoms with E-state index in [1.54, 1.807) is 24.3 Å². The highest BCUT2D eigenvalue weighted by Crippen LogP contribution is 2.32. The van der Waals surface area contributed by atoms with Gasteiger partial charge < -0.3 is 50.3 Å². The molecule has 0 amide bonds. The third-order valence-electron chi connectivity index (χ3n) is 5.36. The second kappa shape index (κ2) is 9.67. The lowest BCUT2D eigenvalue weighted by Gasteiger charge is -2.40. The van der Waals surface area contributed by atoms with Crippen LogP contribution in [0.5, 0.6) is 0 Å². The van der Waals surface area contributed by atoms with E-state index in [2.05, 4.69) is 11.8 Å². The molecule has 3 rings (SSSR count). The van der Waals surface area contributed by atoms with Gasteiger partial charge in [0.15, 0.2) is 0 Å². The fourth-order valence-corrected chi connectivity index (χ4v) is 3.55. The molecule has 166 valence electrons. The van der Waals surface area contributed by atoms with E-state index in [0.29, 0.717) is 11.1 Å². The van der Waals surface area contributed by atoms with Gasteiger partial charge in [-0.15, -0.1) is 0 Å². The summed E-state index contributed by atoms with van der Waals surface area (Å²) in [5, 5.41) is 78.4. The first kappa shape index (κ1) is 23.1. The smallest absolute Gasteiger partial charge is 0.147 e. The van der Waals surface area contributed by atoms with Crippen LogP contribution in [0.15, 0.2) is 24.3 Å². The minimum Gasteiger partial charge on any atom is -0.394 e. The first-order valence-corrected chi connectivity index (χ1v) is 9.51. The standard InChI is InChI=1S/C20H26O10/c21-7-12-15(24)17(26)14(23)11(29-12)5-4-9-2-1-3-10(6-9)20-19(28)18(27)16(25)13(8-22)30-20/h1-3,6,11-28H,7-8H2. The van der Waals surface area contributed by atoms with Crippen molar-refractivity contribution in [3.63, 3.8) is 0 Å². The van der Waals surface area contributed by atoms with Crippen molar-refractivity contribution in [3.05, 3.63) is 35.4 Å². The number of hydrogen-bond donors (Lipinski definition) is 8. The Labute approximate surface area is 172 Å². The van der Waals surface area contributed by atoms with Gasteiger partial charge >= 0.3 is 0 Å². The van der Waals surface area contributed by atoms with Crippen molar-refractivity contribution in [2.75, 3.05) is 13.2 Å². The molecule has 0 saturated carbocycles. The average Bonchev–Trinajstić information content (AvgIpc) is 2.76. The van der Waals surface area contributed by atoms with Crippen LogP contribution in [0.25, 0.3) is 0 Å². The normalized spacial score (nSPS) is 41.7. The summed E-state index contributed by atoms with van der Waals surface area (Å²) in [7, 11) is 0. The topological polar surface area (TPSA) is 180 Å². The monoisotopic (exact) mass is 426 g/mol. The minimum absolute atomic E-state index is 0.432. The van der Waals surface area contributed by atoms with E-state index < -0.39 is 74.3 Å². The van der Waals surface area contributed by atoms with Crippen molar-refractivity contribution in [1.82, 2.24) is 0 Å². The summed E-state index contributed by atoms with van der Waals surface area (Å²) in [6, 6.07) is 6.42. The van der Waals surface area contributed by atoms with Crippen molar-refractivity contribution in [3.8, 4) is 11.8 Å². The summed E-state index contributed by atoms with van der Waals surface area (Å²) in [5.74, 6) is 5.40. The Morgan fingerprint density at radius 2 is 1.33 bits per heavy atom. The van der Waals surface area contributed by atoms with Crippen LogP contribution in [-0.4, -0.2) is 109 Å². The maximum absolute atomic E-state index is 10.3. The zero-order valence-electron chi connectivity index (χ0n) is 15.9. The van der Waals surface area contributed by atoms with Gasteiger partial charge in [-0.2, -0.15) is 0 Å². The summed E-state index contributed by atoms with van der Waals surface area (Å²) in [4.78, 5) is 0. The van der Waals surface area contributed by atoms with Crippen LogP contribution in [0.4, 0.5) is 0 Å². The van der Waals surface area contributed by atoms with E-state index in [9.17, 15) is 40.9 Å². The lowest BCUT2D eigenvalue weighted by atomic mass is 9.90. The minimum atomic E-state index is -1.53. The predicted octanol–water partition coefficient (Wildman–Crippen LogP) is -3.60. The van der Waals surface area contributed by atoms with E-state index >= 15 is 0 Å². The molecule has 2 aliphatic heterocycles. The van der Waals surface area contributed by atoms with E-state index in [0.717, 1.165) is 0 Å². The molecule has 0 spiro atoms. The number of benzene rings is 1. The predicted molar refractivity (Wildman–Crippen MR) is 99.8 cm³/mol. The van der Waals surface area contributed by atoms with Crippen molar-refractivity contribution in [2.24, 2.45) is 0 Å². The van der Waals surface area contributed by atoms with Crippen LogP contribution < -0.4 is 0 Å². The summed E-state index contributed by atoms with van der Waals surface area (Å²) in [6.07, 6.45) is -13.2. The summed E-state index contributed by atoms with van der Waals surface area (Å²) >= 11 is 0. The first-order valence-electron chi connectivity index (χ1n) is 9.51. The second-order valence-electron chi connectivity index (χ2n) is 7.39. The Hall–Kier alpha value is -1.62. The highest BCUT2D eigenvalue weighted by molar-refractivity contribution is 5.39. The van der Waals surface area contributed by atoms with Gasteiger partial charge in [0.1, 0.15) is 61.0 Å². The molecular formula is C20H26O10. The highest BCUT2D eigenvalue weighted by Gasteiger charge is 2.44. The third kappa shape index (κ3) is 4.51. The second-order valence-corrected chi connectivity index (χ2v) is 7.39. The van der Waals surface area contributed by atoms with Gasteiger partial charge in [-0.05, 0) is 17.7 Å². The van der Waals surface area contributed by atoms with Crippen LogP contribution in [0.3, 0.4) is 0 Å². The van der Waals surface area contributed by atoms with Gasteiger partial charge in [0.25, 0.3) is 0 Å². The van der Waals surface area contributed by atoms with Crippen molar-refractivity contribution in [2.45, 2.75) is 61.0 Å². The maximum atomic E-state index is 10.3. The van der Waals surface area contributed by atoms with E-state index in [1.807, 2.05) is 0 Å². The third-order valence-corrected chi connectivity index (χ3v) is 5.36. The van der Waals surface area contributed by atoms with Gasteiger partial charge in [0, 0.05) is 5.56 Å². The van der Waals surface area contributed by atoms with Gasteiger partial charge in [0.2, 0.25) is 0 Å². The molecule has 10 unspecified atom stereocenters. The molecule has 1 aromatic carbocycles. The highest BCUT2D eigenvalue weighted by atomic mass is 16.5. The summed E-state index contributed by atoms with van der Waals surface area (Å²) in [5.41, 5.74) is 0.869. The van der Waals surface area contributed by atoms with Crippen LogP contribution in [0.2, 0.25) is 0 Å². The summed E-state index contributed by atoms with van der Waals surface area (Å²) in [6.45, 7) is -1.10. The Morgan fingerprint density at radius 1 is 0.733 bits per heavy atom. The van der Waals surface area contributed by atoms with Crippen molar-refractivity contribution in [1.29, 1.82) is 0 Å². The molecule has 0 radical (unpaired) electrons. The number of hydrogen-bond acceptors (Lipinski definition) is 10. The molecule has 10 heteroatoms. The lowest BCUT2D eigenvalue weighted by Crippen LogP contribution is -2.58. The average molecular weight is 426 g/mol. The quantitative estimate of drug-likeness (QED) is 0.225. The number of aliphatic hydroxyl groups is 8. The van der Waals surface area contributed by atoms with Crippen molar-refractivity contribution < 1.29 is 50.3 Å². The van der Waals surface area contributed by atoms with E-state index in [-0.39, 0.29) is 0 Å². The molecule has 8 N–H and O–H groups in total. The summed E-state index contributed by atoms with van der Waals surface area (Å²) < 4.78 is 10.9. The van der Waals surface area contributed by atoms with Gasteiger partial charge in [-0.25, -0.2) is 0 Å². The molecule has 2 heterocycles. The Bertz CT molecular complexity index is 772. The Kier molecular flexibility index (Phi) is 7.43. The van der Waals surface area contributed by atoms with Gasteiger partial charge in [-0.3, -0.25) is 0 Å². The zero-order valence-corrected chi connectivity index (χ0v) is 15.9. The molecule has 2 saturated heterocycles. The van der Waals surface area contributed by atoms with Gasteiger partial charge in [-0.1, -0.05) is 24.0 Å². The Balaban J connectivity index is 1.80. The Morgan fingerprint density at radius 3 is 1.97 bits per heavy atom. The molecule has 10 atom stereocenters. The fourth-order valence-electron chi connectivity index (χ4n) is 3.55. The molecule has 10 nitrogen and oxygen atoms in total.